The number of sulfone groups is 1. The van der Waals surface area contributed by atoms with E-state index in [2.05, 4.69) is 0 Å². The monoisotopic (exact) mass is 288 g/mol. The second kappa shape index (κ2) is 3.56. The van der Waals surface area contributed by atoms with Crippen molar-refractivity contribution in [1.29, 1.82) is 0 Å². The number of rotatable bonds is 2. The molecule has 8 nitrogen and oxygen atoms in total. The summed E-state index contributed by atoms with van der Waals surface area (Å²) in [6, 6.07) is -1.47. The smallest absolute Gasteiger partial charge is 0.328 e. The predicted molar refractivity (Wildman–Crippen MR) is 62.3 cm³/mol. The van der Waals surface area contributed by atoms with E-state index in [0.29, 0.717) is 0 Å². The number of primary amides is 1. The van der Waals surface area contributed by atoms with Gasteiger partial charge in [0.25, 0.3) is 5.91 Å². The van der Waals surface area contributed by atoms with Gasteiger partial charge in [0.05, 0.1) is 5.57 Å². The molecule has 2 rings (SSSR count). The van der Waals surface area contributed by atoms with Crippen LogP contribution in [-0.2, 0) is 24.2 Å². The predicted octanol–water partition coefficient (Wildman–Crippen LogP) is -1.77. The maximum atomic E-state index is 12.3. The molecule has 2 fully saturated rings. The number of β-lactam (4-membered cyclic amide) rings is 1. The van der Waals surface area contributed by atoms with Crippen LogP contribution < -0.4 is 5.73 Å². The van der Waals surface area contributed by atoms with Gasteiger partial charge in [0.15, 0.2) is 21.3 Å². The average Bonchev–Trinajstić information content (AvgIpc) is 2.38. The Kier molecular flexibility index (Phi) is 2.54. The molecule has 2 aliphatic heterocycles. The Hall–Kier alpha value is -1.90. The molecular formula is C10H12N2O6S. The maximum absolute atomic E-state index is 12.3. The standard InChI is InChI=1S/C10H12N2O6S/c1-10(2)6(9(15)16)12-7(14)4(3-5(11)13)8(12)19(10,17)18/h3,6,8H,1-2H3,(H2,11,13)(H,15,16)/t6-,8+/m0/s1. The van der Waals surface area contributed by atoms with Crippen molar-refractivity contribution in [2.45, 2.75) is 30.0 Å². The molecule has 0 aromatic heterocycles. The minimum Gasteiger partial charge on any atom is -0.480 e. The zero-order valence-corrected chi connectivity index (χ0v) is 11.0. The first kappa shape index (κ1) is 13.5. The van der Waals surface area contributed by atoms with Crippen LogP contribution >= 0.6 is 0 Å². The molecule has 3 N–H and O–H groups in total. The highest BCUT2D eigenvalue weighted by atomic mass is 32.2. The molecule has 0 radical (unpaired) electrons. The van der Waals surface area contributed by atoms with Crippen molar-refractivity contribution in [1.82, 2.24) is 4.90 Å². The van der Waals surface area contributed by atoms with Crippen LogP contribution in [0.15, 0.2) is 11.6 Å². The van der Waals surface area contributed by atoms with E-state index in [1.165, 1.54) is 13.8 Å². The van der Waals surface area contributed by atoms with Gasteiger partial charge in [-0.25, -0.2) is 13.2 Å². The summed E-state index contributed by atoms with van der Waals surface area (Å²) in [4.78, 5) is 34.5. The van der Waals surface area contributed by atoms with E-state index < -0.39 is 43.8 Å². The highest BCUT2D eigenvalue weighted by molar-refractivity contribution is 7.94. The molecular weight excluding hydrogens is 276 g/mol. The number of carboxylic acid groups (broad SMARTS) is 1. The molecule has 0 bridgehead atoms. The van der Waals surface area contributed by atoms with Crippen LogP contribution in [0.3, 0.4) is 0 Å². The van der Waals surface area contributed by atoms with Crippen LogP contribution in [0.2, 0.25) is 0 Å². The molecule has 2 atom stereocenters. The number of carboxylic acids is 1. The Morgan fingerprint density at radius 1 is 1.42 bits per heavy atom. The summed E-state index contributed by atoms with van der Waals surface area (Å²) in [5, 5.41) is 7.72. The lowest BCUT2D eigenvalue weighted by atomic mass is 9.95. The van der Waals surface area contributed by atoms with E-state index >= 15 is 0 Å². The van der Waals surface area contributed by atoms with Crippen LogP contribution in [0, 0.1) is 0 Å². The van der Waals surface area contributed by atoms with E-state index in [1.807, 2.05) is 0 Å². The maximum Gasteiger partial charge on any atom is 0.328 e. The fourth-order valence-corrected chi connectivity index (χ4v) is 4.62. The van der Waals surface area contributed by atoms with Gasteiger partial charge >= 0.3 is 5.97 Å². The summed E-state index contributed by atoms with van der Waals surface area (Å²) >= 11 is 0. The Labute approximate surface area is 108 Å². The molecule has 0 unspecified atom stereocenters. The quantitative estimate of drug-likeness (QED) is 0.456. The number of aliphatic carboxylic acids is 1. The fourth-order valence-electron chi connectivity index (χ4n) is 2.50. The van der Waals surface area contributed by atoms with Gasteiger partial charge in [-0.05, 0) is 13.8 Å². The topological polar surface area (TPSA) is 135 Å². The SMILES string of the molecule is CC1(C)[C@H](C(=O)O)N2C(=O)C(=CC(N)=O)[C@H]2S1(=O)=O. The summed E-state index contributed by atoms with van der Waals surface area (Å²) in [7, 11) is -3.94. The van der Waals surface area contributed by atoms with E-state index in [-0.39, 0.29) is 5.57 Å². The first-order chi connectivity index (χ1) is 8.53. The Bertz CT molecular complexity index is 632. The van der Waals surface area contributed by atoms with E-state index in [1.54, 1.807) is 0 Å². The van der Waals surface area contributed by atoms with Crippen molar-refractivity contribution < 1.29 is 27.9 Å². The molecule has 2 heterocycles. The van der Waals surface area contributed by atoms with Crippen LogP contribution in [0.5, 0.6) is 0 Å². The van der Waals surface area contributed by atoms with Crippen LogP contribution in [0.25, 0.3) is 0 Å². The second-order valence-electron chi connectivity index (χ2n) is 4.96. The van der Waals surface area contributed by atoms with Crippen LogP contribution in [0.4, 0.5) is 0 Å². The largest absolute Gasteiger partial charge is 0.480 e. The lowest BCUT2D eigenvalue weighted by Crippen LogP contribution is -2.59. The Morgan fingerprint density at radius 2 is 1.95 bits per heavy atom. The minimum atomic E-state index is -3.94. The third-order valence-electron chi connectivity index (χ3n) is 3.50. The molecule has 0 saturated carbocycles. The van der Waals surface area contributed by atoms with Crippen molar-refractivity contribution in [3.63, 3.8) is 0 Å². The lowest BCUT2D eigenvalue weighted by Gasteiger charge is -2.37. The first-order valence-electron chi connectivity index (χ1n) is 5.33. The number of carbonyl (C=O) groups is 3. The molecule has 0 aliphatic carbocycles. The van der Waals surface area contributed by atoms with Gasteiger partial charge in [-0.3, -0.25) is 9.59 Å². The van der Waals surface area contributed by atoms with E-state index in [0.717, 1.165) is 11.0 Å². The normalized spacial score (nSPS) is 32.8. The summed E-state index contributed by atoms with van der Waals surface area (Å²) in [6.45, 7) is 2.49. The van der Waals surface area contributed by atoms with Crippen LogP contribution in [0.1, 0.15) is 13.8 Å². The first-order valence-corrected chi connectivity index (χ1v) is 6.88. The van der Waals surface area contributed by atoms with Crippen molar-refractivity contribution in [2.75, 3.05) is 0 Å². The summed E-state index contributed by atoms with van der Waals surface area (Å²) in [6.07, 6.45) is 0.737. The number of hydrogen-bond donors (Lipinski definition) is 2. The van der Waals surface area contributed by atoms with E-state index in [9.17, 15) is 22.8 Å². The molecule has 2 amide bonds. The molecule has 19 heavy (non-hydrogen) atoms. The van der Waals surface area contributed by atoms with Crippen molar-refractivity contribution >= 4 is 27.6 Å². The van der Waals surface area contributed by atoms with Gasteiger partial charge in [0.1, 0.15) is 4.75 Å². The third kappa shape index (κ3) is 1.44. The average molecular weight is 288 g/mol. The molecule has 2 saturated heterocycles. The van der Waals surface area contributed by atoms with Crippen molar-refractivity contribution in [3.8, 4) is 0 Å². The number of hydrogen-bond acceptors (Lipinski definition) is 5. The molecule has 0 aromatic carbocycles. The van der Waals surface area contributed by atoms with E-state index in [4.69, 9.17) is 10.8 Å². The van der Waals surface area contributed by atoms with Crippen molar-refractivity contribution in [2.24, 2.45) is 5.73 Å². The van der Waals surface area contributed by atoms with Gasteiger partial charge in [-0.2, -0.15) is 0 Å². The summed E-state index contributed by atoms with van der Waals surface area (Å²) < 4.78 is 22.9. The molecule has 2 aliphatic rings. The lowest BCUT2D eigenvalue weighted by molar-refractivity contribution is -0.152. The Morgan fingerprint density at radius 3 is 2.37 bits per heavy atom. The molecule has 0 aromatic rings. The zero-order chi connectivity index (χ0) is 14.7. The van der Waals surface area contributed by atoms with Crippen molar-refractivity contribution in [3.05, 3.63) is 11.6 Å². The number of nitrogens with two attached hydrogens (primary N) is 1. The highest BCUT2D eigenvalue weighted by Crippen LogP contribution is 2.48. The molecule has 9 heteroatoms. The Balaban J connectivity index is 2.61. The summed E-state index contributed by atoms with van der Waals surface area (Å²) in [5.41, 5.74) is 4.63. The number of nitrogens with zero attached hydrogens (tertiary/aromatic N) is 1. The molecule has 104 valence electrons. The number of fused-ring (bicyclic) bond motifs is 1. The highest BCUT2D eigenvalue weighted by Gasteiger charge is 2.70. The third-order valence-corrected chi connectivity index (χ3v) is 6.25. The minimum absolute atomic E-state index is 0.274. The zero-order valence-electron chi connectivity index (χ0n) is 10.2. The van der Waals surface area contributed by atoms with Gasteiger partial charge in [0.2, 0.25) is 5.91 Å². The van der Waals surface area contributed by atoms with Gasteiger partial charge in [-0.15, -0.1) is 0 Å². The fraction of sp³-hybridized carbons (Fsp3) is 0.500. The number of carbonyl (C=O) groups excluding carboxylic acids is 2. The number of amides is 2. The molecule has 0 spiro atoms. The van der Waals surface area contributed by atoms with Gasteiger partial charge in [0, 0.05) is 6.08 Å². The second-order valence-corrected chi connectivity index (χ2v) is 7.54. The van der Waals surface area contributed by atoms with Gasteiger partial charge in [-0.1, -0.05) is 0 Å². The summed E-state index contributed by atoms with van der Waals surface area (Å²) in [5.74, 6) is -3.14. The van der Waals surface area contributed by atoms with Crippen LogP contribution in [-0.4, -0.2) is 52.4 Å². The van der Waals surface area contributed by atoms with Gasteiger partial charge < -0.3 is 15.7 Å².